The van der Waals surface area contributed by atoms with Crippen LogP contribution < -0.4 is 4.74 Å². The van der Waals surface area contributed by atoms with E-state index >= 15 is 0 Å². The number of amides is 1. The first-order valence-corrected chi connectivity index (χ1v) is 7.90. The molecule has 2 rings (SSSR count). The first kappa shape index (κ1) is 20.1. The molecule has 0 saturated heterocycles. The zero-order chi connectivity index (χ0) is 19.4. The van der Waals surface area contributed by atoms with E-state index in [0.717, 1.165) is 25.7 Å². The number of carbonyl (C=O) groups excluding carboxylic acids is 2. The second kappa shape index (κ2) is 8.43. The predicted molar refractivity (Wildman–Crippen MR) is 76.5 cm³/mol. The molecule has 0 aliphatic heterocycles. The summed E-state index contributed by atoms with van der Waals surface area (Å²) in [4.78, 5) is 22.8. The van der Waals surface area contributed by atoms with Crippen LogP contribution >= 0.6 is 0 Å². The number of benzene rings is 1. The fraction of sp³-hybridized carbons (Fsp3) is 0.500. The van der Waals surface area contributed by atoms with Crippen LogP contribution in [-0.2, 0) is 9.59 Å². The van der Waals surface area contributed by atoms with Crippen molar-refractivity contribution < 1.29 is 41.5 Å². The maximum atomic E-state index is 13.6. The maximum Gasteiger partial charge on any atom is 0.316 e. The molecule has 1 aliphatic carbocycles. The molecule has 0 bridgehead atoms. The third-order valence-corrected chi connectivity index (χ3v) is 4.33. The molecular weight excluding hydrogens is 365 g/mol. The van der Waals surface area contributed by atoms with Gasteiger partial charge in [-0.25, -0.2) is 18.2 Å². The highest BCUT2D eigenvalue weighted by Gasteiger charge is 2.33. The fourth-order valence-corrected chi connectivity index (χ4v) is 3.02. The number of hydroxylamine groups is 2. The summed E-state index contributed by atoms with van der Waals surface area (Å²) in [5.41, 5.74) is 0. The standard InChI is InChI=1S/C16H16F5NO4/c17-10-11(18)13(20)15(14(21)12(10)19)26-16(24)9(6-22(25)7-23)5-8-3-1-2-4-8/h7-9,25H,1-6H2/t9-/m1/s1. The van der Waals surface area contributed by atoms with E-state index < -0.39 is 53.3 Å². The van der Waals surface area contributed by atoms with Crippen LogP contribution in [0.15, 0.2) is 0 Å². The monoisotopic (exact) mass is 381 g/mol. The van der Waals surface area contributed by atoms with Crippen molar-refractivity contribution in [1.82, 2.24) is 5.06 Å². The highest BCUT2D eigenvalue weighted by atomic mass is 19.2. The van der Waals surface area contributed by atoms with E-state index in [1.807, 2.05) is 0 Å². The summed E-state index contributed by atoms with van der Waals surface area (Å²) in [6.45, 7) is -0.534. The van der Waals surface area contributed by atoms with Gasteiger partial charge in [0.25, 0.3) is 0 Å². The average molecular weight is 381 g/mol. The second-order valence-corrected chi connectivity index (χ2v) is 6.13. The summed E-state index contributed by atoms with van der Waals surface area (Å²) in [5, 5.41) is 9.44. The normalized spacial score (nSPS) is 15.8. The van der Waals surface area contributed by atoms with E-state index in [2.05, 4.69) is 4.74 Å². The predicted octanol–water partition coefficient (Wildman–Crippen LogP) is 3.33. The van der Waals surface area contributed by atoms with Gasteiger partial charge in [0.2, 0.25) is 41.2 Å². The van der Waals surface area contributed by atoms with Crippen molar-refractivity contribution in [2.75, 3.05) is 6.54 Å². The molecule has 1 fully saturated rings. The number of halogens is 5. The third-order valence-electron chi connectivity index (χ3n) is 4.33. The maximum absolute atomic E-state index is 13.6. The lowest BCUT2D eigenvalue weighted by molar-refractivity contribution is -0.158. The zero-order valence-electron chi connectivity index (χ0n) is 13.5. The molecule has 0 heterocycles. The number of carbonyl (C=O) groups is 2. The number of rotatable bonds is 7. The lowest BCUT2D eigenvalue weighted by Gasteiger charge is -2.21. The van der Waals surface area contributed by atoms with Crippen LogP contribution in [0.5, 0.6) is 5.75 Å². The summed E-state index contributed by atoms with van der Waals surface area (Å²) in [5.74, 6) is -15.5. The van der Waals surface area contributed by atoms with E-state index in [4.69, 9.17) is 0 Å². The molecule has 0 radical (unpaired) electrons. The first-order chi connectivity index (χ1) is 12.3. The molecule has 5 nitrogen and oxygen atoms in total. The number of nitrogens with zero attached hydrogens (tertiary/aromatic N) is 1. The summed E-state index contributed by atoms with van der Waals surface area (Å²) >= 11 is 0. The van der Waals surface area contributed by atoms with Gasteiger partial charge < -0.3 is 4.74 Å². The van der Waals surface area contributed by atoms with Gasteiger partial charge >= 0.3 is 5.97 Å². The quantitative estimate of drug-likeness (QED) is 0.115. The molecule has 1 aromatic rings. The van der Waals surface area contributed by atoms with Crippen molar-refractivity contribution in [2.24, 2.45) is 11.8 Å². The van der Waals surface area contributed by atoms with Crippen LogP contribution in [0.1, 0.15) is 32.1 Å². The number of hydrogen-bond acceptors (Lipinski definition) is 4. The number of hydrogen-bond donors (Lipinski definition) is 1. The number of esters is 1. The highest BCUT2D eigenvalue weighted by Crippen LogP contribution is 2.33. The molecule has 144 valence electrons. The molecule has 1 saturated carbocycles. The van der Waals surface area contributed by atoms with Gasteiger partial charge in [0.05, 0.1) is 12.5 Å². The molecule has 0 unspecified atom stereocenters. The van der Waals surface area contributed by atoms with E-state index in [9.17, 15) is 36.7 Å². The molecule has 0 spiro atoms. The Bertz CT molecular complexity index is 665. The fourth-order valence-electron chi connectivity index (χ4n) is 3.02. The lowest BCUT2D eigenvalue weighted by atomic mass is 9.93. The summed E-state index contributed by atoms with van der Waals surface area (Å²) in [6, 6.07) is 0. The van der Waals surface area contributed by atoms with Gasteiger partial charge in [-0.15, -0.1) is 0 Å². The van der Waals surface area contributed by atoms with Crippen LogP contribution in [0.3, 0.4) is 0 Å². The number of ether oxygens (including phenoxy) is 1. The molecule has 1 atom stereocenters. The van der Waals surface area contributed by atoms with Crippen molar-refractivity contribution >= 4 is 12.4 Å². The molecule has 0 aromatic heterocycles. The molecule has 1 amide bonds. The minimum absolute atomic E-state index is 0.0212. The van der Waals surface area contributed by atoms with Crippen molar-refractivity contribution in [2.45, 2.75) is 32.1 Å². The lowest BCUT2D eigenvalue weighted by Crippen LogP contribution is -2.34. The van der Waals surface area contributed by atoms with E-state index in [0.29, 0.717) is 0 Å². The van der Waals surface area contributed by atoms with Gasteiger partial charge in [-0.2, -0.15) is 8.78 Å². The topological polar surface area (TPSA) is 66.8 Å². The Morgan fingerprint density at radius 3 is 2.08 bits per heavy atom. The SMILES string of the molecule is O=CN(O)C[C@@H](CC1CCCC1)C(=O)Oc1c(F)c(F)c(F)c(F)c1F. The van der Waals surface area contributed by atoms with E-state index in [1.54, 1.807) is 0 Å². The third kappa shape index (κ3) is 4.29. The average Bonchev–Trinajstić information content (AvgIpc) is 3.14. The Labute approximate surface area is 145 Å². The van der Waals surface area contributed by atoms with Crippen LogP contribution in [0.4, 0.5) is 22.0 Å². The molecule has 10 heteroatoms. The van der Waals surface area contributed by atoms with Crippen LogP contribution in [-0.4, -0.2) is 29.2 Å². The highest BCUT2D eigenvalue weighted by molar-refractivity contribution is 5.75. The summed E-state index contributed by atoms with van der Waals surface area (Å²) in [6.07, 6.45) is 3.55. The molecular formula is C16H16F5NO4. The smallest absolute Gasteiger partial charge is 0.316 e. The van der Waals surface area contributed by atoms with Gasteiger partial charge in [0, 0.05) is 0 Å². The Morgan fingerprint density at radius 2 is 1.58 bits per heavy atom. The summed E-state index contributed by atoms with van der Waals surface area (Å²) < 4.78 is 71.1. The van der Waals surface area contributed by atoms with Gasteiger partial charge in [-0.3, -0.25) is 14.8 Å². The molecule has 1 N–H and O–H groups in total. The minimum Gasteiger partial charge on any atom is -0.420 e. The Hall–Kier alpha value is -2.23. The Kier molecular flexibility index (Phi) is 6.52. The zero-order valence-corrected chi connectivity index (χ0v) is 13.5. The van der Waals surface area contributed by atoms with Crippen LogP contribution in [0.2, 0.25) is 0 Å². The van der Waals surface area contributed by atoms with E-state index in [-0.39, 0.29) is 23.8 Å². The summed E-state index contributed by atoms with van der Waals surface area (Å²) in [7, 11) is 0. The van der Waals surface area contributed by atoms with Gasteiger partial charge in [-0.05, 0) is 12.3 Å². The molecule has 1 aliphatic rings. The second-order valence-electron chi connectivity index (χ2n) is 6.13. The van der Waals surface area contributed by atoms with Gasteiger partial charge in [-0.1, -0.05) is 25.7 Å². The molecule has 1 aromatic carbocycles. The van der Waals surface area contributed by atoms with Gasteiger partial charge in [0.15, 0.2) is 0 Å². The van der Waals surface area contributed by atoms with Crippen molar-refractivity contribution in [3.8, 4) is 5.75 Å². The minimum atomic E-state index is -2.37. The van der Waals surface area contributed by atoms with E-state index in [1.165, 1.54) is 0 Å². The Morgan fingerprint density at radius 1 is 1.08 bits per heavy atom. The van der Waals surface area contributed by atoms with Crippen molar-refractivity contribution in [3.05, 3.63) is 29.1 Å². The first-order valence-electron chi connectivity index (χ1n) is 7.90. The van der Waals surface area contributed by atoms with Crippen molar-refractivity contribution in [3.63, 3.8) is 0 Å². The van der Waals surface area contributed by atoms with Crippen LogP contribution in [0.25, 0.3) is 0 Å². The van der Waals surface area contributed by atoms with Gasteiger partial charge in [0.1, 0.15) is 0 Å². The molecule has 26 heavy (non-hydrogen) atoms. The largest absolute Gasteiger partial charge is 0.420 e. The van der Waals surface area contributed by atoms with Crippen LogP contribution in [0, 0.1) is 40.9 Å². The van der Waals surface area contributed by atoms with Crippen molar-refractivity contribution in [1.29, 1.82) is 0 Å². The Balaban J connectivity index is 2.24.